The van der Waals surface area contributed by atoms with Crippen molar-refractivity contribution >= 4 is 29.3 Å². The highest BCUT2D eigenvalue weighted by Gasteiger charge is 2.14. The van der Waals surface area contributed by atoms with Crippen LogP contribution in [-0.2, 0) is 26.5 Å². The minimum atomic E-state index is -0.611. The number of rotatable bonds is 8. The molecule has 0 radical (unpaired) electrons. The molecule has 2 rings (SSSR count). The van der Waals surface area contributed by atoms with Crippen LogP contribution in [0.2, 0.25) is 0 Å². The zero-order valence-electron chi connectivity index (χ0n) is 14.1. The van der Waals surface area contributed by atoms with Gasteiger partial charge in [-0.1, -0.05) is 42.5 Å². The molecule has 0 spiro atoms. The van der Waals surface area contributed by atoms with E-state index in [-0.39, 0.29) is 11.9 Å². The molecular formula is C19H22N2O3S. The molecule has 0 heterocycles. The van der Waals surface area contributed by atoms with Gasteiger partial charge in [-0.05, 0) is 29.7 Å². The first-order valence-electron chi connectivity index (χ1n) is 7.92. The first kappa shape index (κ1) is 19.0. The Kier molecular flexibility index (Phi) is 7.50. The monoisotopic (exact) mass is 358 g/mol. The van der Waals surface area contributed by atoms with Gasteiger partial charge < -0.3 is 15.8 Å². The van der Waals surface area contributed by atoms with Crippen LogP contribution in [0.1, 0.15) is 11.1 Å². The van der Waals surface area contributed by atoms with Crippen molar-refractivity contribution in [3.8, 4) is 0 Å². The van der Waals surface area contributed by atoms with E-state index in [4.69, 9.17) is 5.73 Å². The Morgan fingerprint density at radius 2 is 1.84 bits per heavy atom. The Morgan fingerprint density at radius 3 is 2.56 bits per heavy atom. The number of carbonyl (C=O) groups is 2. The highest BCUT2D eigenvalue weighted by Crippen LogP contribution is 2.17. The van der Waals surface area contributed by atoms with Crippen LogP contribution < -0.4 is 11.1 Å². The second kappa shape index (κ2) is 9.86. The molecule has 2 aromatic rings. The van der Waals surface area contributed by atoms with E-state index in [1.165, 1.54) is 18.9 Å². The summed E-state index contributed by atoms with van der Waals surface area (Å²) in [5, 5.41) is 2.85. The molecule has 132 valence electrons. The predicted molar refractivity (Wildman–Crippen MR) is 101 cm³/mol. The summed E-state index contributed by atoms with van der Waals surface area (Å²) in [6.07, 6.45) is 0.487. The smallest absolute Gasteiger partial charge is 0.315 e. The Balaban J connectivity index is 1.87. The number of carbonyl (C=O) groups excluding carboxylic acids is 2. The summed E-state index contributed by atoms with van der Waals surface area (Å²) < 4.78 is 4.61. The van der Waals surface area contributed by atoms with E-state index in [0.29, 0.717) is 23.6 Å². The molecule has 1 atom stereocenters. The second-order valence-corrected chi connectivity index (χ2v) is 6.54. The largest absolute Gasteiger partial charge is 0.468 e. The van der Waals surface area contributed by atoms with Crippen molar-refractivity contribution in [3.05, 3.63) is 65.7 Å². The van der Waals surface area contributed by atoms with Crippen LogP contribution in [0.25, 0.3) is 0 Å². The summed E-state index contributed by atoms with van der Waals surface area (Å²) in [6, 6.07) is 16.6. The van der Waals surface area contributed by atoms with Crippen molar-refractivity contribution < 1.29 is 14.3 Å². The van der Waals surface area contributed by atoms with Gasteiger partial charge in [0.1, 0.15) is 0 Å². The lowest BCUT2D eigenvalue weighted by Crippen LogP contribution is -2.37. The molecule has 0 aliphatic carbocycles. The van der Waals surface area contributed by atoms with Gasteiger partial charge in [-0.2, -0.15) is 0 Å². The van der Waals surface area contributed by atoms with Crippen LogP contribution in [0.5, 0.6) is 0 Å². The topological polar surface area (TPSA) is 81.4 Å². The van der Waals surface area contributed by atoms with E-state index in [1.807, 2.05) is 54.6 Å². The second-order valence-electron chi connectivity index (χ2n) is 5.55. The van der Waals surface area contributed by atoms with Gasteiger partial charge in [-0.15, -0.1) is 11.8 Å². The van der Waals surface area contributed by atoms with Crippen molar-refractivity contribution in [2.75, 3.05) is 18.2 Å². The number of hydrogen-bond donors (Lipinski definition) is 2. The molecular weight excluding hydrogens is 336 g/mol. The van der Waals surface area contributed by atoms with E-state index in [9.17, 15) is 9.59 Å². The average Bonchev–Trinajstić information content (AvgIpc) is 2.62. The van der Waals surface area contributed by atoms with Gasteiger partial charge in [0, 0.05) is 11.4 Å². The number of hydrogen-bond acceptors (Lipinski definition) is 5. The maximum Gasteiger partial charge on any atom is 0.315 e. The molecule has 6 heteroatoms. The van der Waals surface area contributed by atoms with Gasteiger partial charge >= 0.3 is 5.97 Å². The van der Waals surface area contributed by atoms with E-state index in [2.05, 4.69) is 10.1 Å². The van der Waals surface area contributed by atoms with Crippen molar-refractivity contribution in [3.63, 3.8) is 0 Å². The van der Waals surface area contributed by atoms with Crippen LogP contribution in [0.15, 0.2) is 54.6 Å². The number of thioether (sulfide) groups is 1. The molecule has 0 saturated heterocycles. The molecule has 0 aliphatic heterocycles. The lowest BCUT2D eigenvalue weighted by Gasteiger charge is -2.13. The first-order valence-corrected chi connectivity index (χ1v) is 9.08. The van der Waals surface area contributed by atoms with E-state index >= 15 is 0 Å². The Labute approximate surface area is 151 Å². The first-order chi connectivity index (χ1) is 12.1. The number of anilines is 1. The molecule has 0 aliphatic rings. The Morgan fingerprint density at radius 1 is 1.12 bits per heavy atom. The van der Waals surface area contributed by atoms with Crippen molar-refractivity contribution in [1.82, 2.24) is 0 Å². The fourth-order valence-electron chi connectivity index (χ4n) is 2.25. The summed E-state index contributed by atoms with van der Waals surface area (Å²) in [5.41, 5.74) is 8.74. The molecule has 0 fully saturated rings. The summed E-state index contributed by atoms with van der Waals surface area (Å²) in [4.78, 5) is 23.4. The molecule has 1 amide bonds. The number of nitrogens with one attached hydrogen (secondary N) is 1. The van der Waals surface area contributed by atoms with Gasteiger partial charge in [-0.25, -0.2) is 0 Å². The molecule has 25 heavy (non-hydrogen) atoms. The molecule has 0 bridgehead atoms. The van der Waals surface area contributed by atoms with E-state index < -0.39 is 6.04 Å². The number of nitrogens with two attached hydrogens (primary N) is 1. The summed E-state index contributed by atoms with van der Waals surface area (Å²) in [6.45, 7) is 0. The highest BCUT2D eigenvalue weighted by molar-refractivity contribution is 7.99. The zero-order chi connectivity index (χ0) is 18.1. The van der Waals surface area contributed by atoms with Crippen LogP contribution >= 0.6 is 11.8 Å². The maximum atomic E-state index is 12.3. The fourth-order valence-corrected chi connectivity index (χ4v) is 3.05. The summed E-state index contributed by atoms with van der Waals surface area (Å²) in [7, 11) is 1.37. The quantitative estimate of drug-likeness (QED) is 0.709. The molecule has 2 aromatic carbocycles. The minimum absolute atomic E-state index is 0.219. The standard InChI is InChI=1S/C19H22N2O3S/c1-24-18(22)13-25-12-15-8-5-9-16(10-15)21-19(23)17(20)11-14-6-3-2-4-7-14/h2-10,17H,11-13,20H2,1H3,(H,21,23)/t17-/m0/s1. The van der Waals surface area contributed by atoms with Crippen LogP contribution in [0, 0.1) is 0 Å². The number of benzene rings is 2. The lowest BCUT2D eigenvalue weighted by atomic mass is 10.1. The molecule has 0 aromatic heterocycles. The number of ether oxygens (including phenoxy) is 1. The van der Waals surface area contributed by atoms with E-state index in [1.54, 1.807) is 0 Å². The van der Waals surface area contributed by atoms with Gasteiger partial charge in [-0.3, -0.25) is 9.59 Å². The fraction of sp³-hybridized carbons (Fsp3) is 0.263. The van der Waals surface area contributed by atoms with Gasteiger partial charge in [0.2, 0.25) is 5.91 Å². The van der Waals surface area contributed by atoms with Crippen molar-refractivity contribution in [2.45, 2.75) is 18.2 Å². The van der Waals surface area contributed by atoms with Crippen LogP contribution in [-0.4, -0.2) is 30.8 Å². The normalized spacial score (nSPS) is 11.6. The Hall–Kier alpha value is -2.31. The molecule has 5 nitrogen and oxygen atoms in total. The van der Waals surface area contributed by atoms with Gasteiger partial charge in [0.25, 0.3) is 0 Å². The third-order valence-electron chi connectivity index (χ3n) is 3.55. The molecule has 3 N–H and O–H groups in total. The van der Waals surface area contributed by atoms with Crippen molar-refractivity contribution in [2.24, 2.45) is 5.73 Å². The number of amides is 1. The summed E-state index contributed by atoms with van der Waals surface area (Å²) >= 11 is 1.46. The minimum Gasteiger partial charge on any atom is -0.468 e. The number of esters is 1. The molecule has 0 saturated carbocycles. The maximum absolute atomic E-state index is 12.3. The zero-order valence-corrected chi connectivity index (χ0v) is 14.9. The third kappa shape index (κ3) is 6.60. The van der Waals surface area contributed by atoms with Crippen molar-refractivity contribution in [1.29, 1.82) is 0 Å². The number of methoxy groups -OCH3 is 1. The van der Waals surface area contributed by atoms with Crippen LogP contribution in [0.3, 0.4) is 0 Å². The summed E-state index contributed by atoms with van der Waals surface area (Å²) in [5.74, 6) is 0.494. The van der Waals surface area contributed by atoms with Gasteiger partial charge in [0.05, 0.1) is 18.9 Å². The molecule has 0 unspecified atom stereocenters. The third-order valence-corrected chi connectivity index (χ3v) is 4.52. The van der Waals surface area contributed by atoms with Crippen LogP contribution in [0.4, 0.5) is 5.69 Å². The SMILES string of the molecule is COC(=O)CSCc1cccc(NC(=O)[C@@H](N)Cc2ccccc2)c1. The lowest BCUT2D eigenvalue weighted by molar-refractivity contribution is -0.137. The average molecular weight is 358 g/mol. The Bertz CT molecular complexity index is 707. The predicted octanol–water partition coefficient (Wildman–Crippen LogP) is 2.60. The van der Waals surface area contributed by atoms with E-state index in [0.717, 1.165) is 11.1 Å². The van der Waals surface area contributed by atoms with Gasteiger partial charge in [0.15, 0.2) is 0 Å². The highest BCUT2D eigenvalue weighted by atomic mass is 32.2.